The van der Waals surface area contributed by atoms with E-state index in [1.165, 1.54) is 0 Å². The lowest BCUT2D eigenvalue weighted by Crippen LogP contribution is -2.56. The number of nitrogens with two attached hydrogens (primary N) is 1. The van der Waals surface area contributed by atoms with Crippen LogP contribution in [0.15, 0.2) is 30.3 Å². The van der Waals surface area contributed by atoms with Crippen LogP contribution in [0.1, 0.15) is 64.9 Å². The molecule has 0 aliphatic carbocycles. The minimum absolute atomic E-state index is 0.00942. The van der Waals surface area contributed by atoms with E-state index in [0.29, 0.717) is 25.8 Å². The number of hydrogen-bond acceptors (Lipinski definition) is 6. The molecule has 1 aromatic rings. The van der Waals surface area contributed by atoms with Gasteiger partial charge in [0.2, 0.25) is 17.7 Å². The van der Waals surface area contributed by atoms with Crippen molar-refractivity contribution in [2.45, 2.75) is 83.8 Å². The Kier molecular flexibility index (Phi) is 14.7. The molecule has 11 nitrogen and oxygen atoms in total. The third-order valence-corrected chi connectivity index (χ3v) is 6.01. The summed E-state index contributed by atoms with van der Waals surface area (Å²) in [5, 5.41) is 26.4. The van der Waals surface area contributed by atoms with Gasteiger partial charge in [0.05, 0.1) is 0 Å². The van der Waals surface area contributed by atoms with E-state index in [1.54, 1.807) is 6.92 Å². The summed E-state index contributed by atoms with van der Waals surface area (Å²) in [5.41, 5.74) is 6.49. The number of nitrogens with one attached hydrogen (secondary N) is 3. The van der Waals surface area contributed by atoms with Gasteiger partial charge in [-0.3, -0.25) is 19.2 Å². The zero-order chi connectivity index (χ0) is 28.7. The van der Waals surface area contributed by atoms with E-state index >= 15 is 0 Å². The number of unbranched alkanes of at least 4 members (excludes halogenated alkanes) is 1. The molecule has 0 unspecified atom stereocenters. The zero-order valence-corrected chi connectivity index (χ0v) is 22.4. The Morgan fingerprint density at radius 3 is 1.87 bits per heavy atom. The summed E-state index contributed by atoms with van der Waals surface area (Å²) in [5.74, 6) is -4.60. The summed E-state index contributed by atoms with van der Waals surface area (Å²) in [6.07, 6.45) is 1.38. The summed E-state index contributed by atoms with van der Waals surface area (Å²) in [7, 11) is 0. The second kappa shape index (κ2) is 17.1. The summed E-state index contributed by atoms with van der Waals surface area (Å²) >= 11 is 0. The number of aliphatic carboxylic acids is 2. The number of amides is 3. The van der Waals surface area contributed by atoms with Crippen molar-refractivity contribution in [1.29, 1.82) is 0 Å². The van der Waals surface area contributed by atoms with E-state index in [1.807, 2.05) is 44.2 Å². The maximum atomic E-state index is 13.2. The highest BCUT2D eigenvalue weighted by molar-refractivity contribution is 5.93. The van der Waals surface area contributed by atoms with Crippen LogP contribution in [-0.4, -0.2) is 64.5 Å². The topological polar surface area (TPSA) is 188 Å². The van der Waals surface area contributed by atoms with Crippen molar-refractivity contribution in [2.24, 2.45) is 17.6 Å². The van der Waals surface area contributed by atoms with Crippen molar-refractivity contribution in [3.63, 3.8) is 0 Å². The van der Waals surface area contributed by atoms with Crippen LogP contribution >= 0.6 is 0 Å². The van der Waals surface area contributed by atoms with E-state index in [4.69, 9.17) is 10.8 Å². The molecule has 212 valence electrons. The molecule has 7 N–H and O–H groups in total. The van der Waals surface area contributed by atoms with Gasteiger partial charge in [-0.2, -0.15) is 0 Å². The van der Waals surface area contributed by atoms with Gasteiger partial charge in [0.15, 0.2) is 0 Å². The lowest BCUT2D eigenvalue weighted by molar-refractivity contribution is -0.143. The predicted molar refractivity (Wildman–Crippen MR) is 142 cm³/mol. The highest BCUT2D eigenvalue weighted by atomic mass is 16.4. The number of carbonyl (C=O) groups is 5. The van der Waals surface area contributed by atoms with Crippen LogP contribution in [-0.2, 0) is 30.4 Å². The summed E-state index contributed by atoms with van der Waals surface area (Å²) in [6.45, 7) is 5.75. The molecular weight excluding hydrogens is 492 g/mol. The minimum atomic E-state index is -1.19. The monoisotopic (exact) mass is 534 g/mol. The fourth-order valence-electron chi connectivity index (χ4n) is 3.91. The highest BCUT2D eigenvalue weighted by Crippen LogP contribution is 2.11. The van der Waals surface area contributed by atoms with Gasteiger partial charge in [0.25, 0.3) is 0 Å². The first-order chi connectivity index (χ1) is 17.9. The third kappa shape index (κ3) is 12.7. The number of rotatable bonds is 18. The van der Waals surface area contributed by atoms with Gasteiger partial charge in [0, 0.05) is 12.3 Å². The Hall–Kier alpha value is -3.47. The van der Waals surface area contributed by atoms with Crippen LogP contribution in [0.3, 0.4) is 0 Å². The van der Waals surface area contributed by atoms with E-state index in [9.17, 15) is 29.1 Å². The van der Waals surface area contributed by atoms with Crippen molar-refractivity contribution < 1.29 is 34.2 Å². The van der Waals surface area contributed by atoms with Gasteiger partial charge >= 0.3 is 11.9 Å². The van der Waals surface area contributed by atoms with Crippen molar-refractivity contribution in [3.8, 4) is 0 Å². The first-order valence-electron chi connectivity index (χ1n) is 13.0. The van der Waals surface area contributed by atoms with Gasteiger partial charge in [-0.15, -0.1) is 0 Å². The quantitative estimate of drug-likeness (QED) is 0.153. The standard InChI is InChI=1S/C27H42N4O7/c1-17(2)15-22(27(37)38)31-25(35)20(11-7-8-14-28)30-26(36)21(12-13-23(32)33)29-24(34)18(3)16-19-9-5-4-6-10-19/h4-6,9-10,17-18,20-22H,7-8,11-16,28H2,1-3H3,(H,29,34)(H,30,36)(H,31,35)(H,32,33)(H,37,38)/t18-,20-,21-,22-/m0/s1. The van der Waals surface area contributed by atoms with Crippen molar-refractivity contribution in [1.82, 2.24) is 16.0 Å². The normalized spacial score (nSPS) is 14.1. The second-order valence-electron chi connectivity index (χ2n) is 9.96. The number of carbonyl (C=O) groups excluding carboxylic acids is 3. The second-order valence-corrected chi connectivity index (χ2v) is 9.96. The Morgan fingerprint density at radius 2 is 1.34 bits per heavy atom. The van der Waals surface area contributed by atoms with Gasteiger partial charge in [-0.25, -0.2) is 4.79 Å². The lowest BCUT2D eigenvalue weighted by atomic mass is 9.99. The molecule has 1 aromatic carbocycles. The molecule has 0 radical (unpaired) electrons. The van der Waals surface area contributed by atoms with Crippen molar-refractivity contribution in [3.05, 3.63) is 35.9 Å². The molecule has 0 fully saturated rings. The molecule has 0 aliphatic rings. The minimum Gasteiger partial charge on any atom is -0.481 e. The van der Waals surface area contributed by atoms with Crippen LogP contribution in [0.4, 0.5) is 0 Å². The predicted octanol–water partition coefficient (Wildman–Crippen LogP) is 1.44. The first kappa shape index (κ1) is 32.6. The molecule has 0 spiro atoms. The molecule has 0 bridgehead atoms. The van der Waals surface area contributed by atoms with Gasteiger partial charge in [-0.05, 0) is 56.6 Å². The zero-order valence-electron chi connectivity index (χ0n) is 22.4. The van der Waals surface area contributed by atoms with Crippen LogP contribution in [0, 0.1) is 11.8 Å². The maximum Gasteiger partial charge on any atom is 0.326 e. The van der Waals surface area contributed by atoms with E-state index in [0.717, 1.165) is 5.56 Å². The lowest BCUT2D eigenvalue weighted by Gasteiger charge is -2.25. The molecule has 0 aromatic heterocycles. The molecule has 0 saturated carbocycles. The van der Waals surface area contributed by atoms with E-state index in [-0.39, 0.29) is 31.6 Å². The number of carboxylic acid groups (broad SMARTS) is 2. The van der Waals surface area contributed by atoms with Crippen molar-refractivity contribution in [2.75, 3.05) is 6.54 Å². The molecule has 3 amide bonds. The highest BCUT2D eigenvalue weighted by Gasteiger charge is 2.30. The maximum absolute atomic E-state index is 13.2. The number of benzene rings is 1. The SMILES string of the molecule is CC(C)C[C@H](NC(=O)[C@H](CCCCN)NC(=O)[C@H](CCC(=O)O)NC(=O)[C@@H](C)Cc1ccccc1)C(=O)O. The van der Waals surface area contributed by atoms with Gasteiger partial charge < -0.3 is 31.9 Å². The van der Waals surface area contributed by atoms with Crippen molar-refractivity contribution >= 4 is 29.7 Å². The van der Waals surface area contributed by atoms with Gasteiger partial charge in [0.1, 0.15) is 18.1 Å². The Balaban J connectivity index is 3.00. The third-order valence-electron chi connectivity index (χ3n) is 6.01. The fraction of sp³-hybridized carbons (Fsp3) is 0.593. The first-order valence-corrected chi connectivity index (χ1v) is 13.0. The van der Waals surface area contributed by atoms with Crippen LogP contribution in [0.2, 0.25) is 0 Å². The van der Waals surface area contributed by atoms with Gasteiger partial charge in [-0.1, -0.05) is 51.1 Å². The number of hydrogen-bond donors (Lipinski definition) is 6. The molecule has 1 rings (SSSR count). The molecule has 4 atom stereocenters. The molecule has 38 heavy (non-hydrogen) atoms. The largest absolute Gasteiger partial charge is 0.481 e. The molecule has 11 heteroatoms. The Bertz CT molecular complexity index is 923. The van der Waals surface area contributed by atoms with E-state index in [2.05, 4.69) is 16.0 Å². The molecule has 0 saturated heterocycles. The Labute approximate surface area is 223 Å². The van der Waals surface area contributed by atoms with Crippen LogP contribution in [0.25, 0.3) is 0 Å². The van der Waals surface area contributed by atoms with E-state index < -0.39 is 53.7 Å². The average Bonchev–Trinajstić information content (AvgIpc) is 2.85. The Morgan fingerprint density at radius 1 is 0.789 bits per heavy atom. The molecule has 0 heterocycles. The summed E-state index contributed by atoms with van der Waals surface area (Å²) in [6, 6.07) is 5.95. The number of carboxylic acids is 2. The fourth-order valence-corrected chi connectivity index (χ4v) is 3.91. The van der Waals surface area contributed by atoms with Crippen LogP contribution in [0.5, 0.6) is 0 Å². The van der Waals surface area contributed by atoms with Crippen LogP contribution < -0.4 is 21.7 Å². The molecule has 0 aliphatic heterocycles. The average molecular weight is 535 g/mol. The summed E-state index contributed by atoms with van der Waals surface area (Å²) < 4.78 is 0. The smallest absolute Gasteiger partial charge is 0.326 e. The molecular formula is C27H42N4O7. The summed E-state index contributed by atoms with van der Waals surface area (Å²) in [4.78, 5) is 61.8.